The maximum absolute atomic E-state index is 13.4. The van der Waals surface area contributed by atoms with E-state index in [0.29, 0.717) is 17.8 Å². The van der Waals surface area contributed by atoms with Gasteiger partial charge in [-0.05, 0) is 38.5 Å². The van der Waals surface area contributed by atoms with Crippen LogP contribution in [-0.2, 0) is 6.54 Å². The summed E-state index contributed by atoms with van der Waals surface area (Å²) < 4.78 is 15.1. The minimum Gasteiger partial charge on any atom is -0.348 e. The van der Waals surface area contributed by atoms with Crippen LogP contribution < -0.4 is 5.32 Å². The summed E-state index contributed by atoms with van der Waals surface area (Å²) >= 11 is 0. The maximum atomic E-state index is 13.4. The van der Waals surface area contributed by atoms with E-state index in [9.17, 15) is 9.18 Å². The Morgan fingerprint density at radius 2 is 2.14 bits per heavy atom. The van der Waals surface area contributed by atoms with E-state index in [4.69, 9.17) is 0 Å². The SMILES string of the molecule is CC[C@H](C)NC(=O)c1cc(-c2cccc(F)c2)n(CC)n1. The van der Waals surface area contributed by atoms with Crippen molar-refractivity contribution < 1.29 is 9.18 Å². The van der Waals surface area contributed by atoms with Crippen molar-refractivity contribution in [1.82, 2.24) is 15.1 Å². The number of hydrogen-bond acceptors (Lipinski definition) is 2. The van der Waals surface area contributed by atoms with Gasteiger partial charge < -0.3 is 5.32 Å². The highest BCUT2D eigenvalue weighted by atomic mass is 19.1. The number of nitrogens with one attached hydrogen (secondary N) is 1. The monoisotopic (exact) mass is 289 g/mol. The molecule has 2 rings (SSSR count). The molecule has 112 valence electrons. The molecule has 1 aromatic carbocycles. The van der Waals surface area contributed by atoms with Gasteiger partial charge in [-0.25, -0.2) is 4.39 Å². The van der Waals surface area contributed by atoms with Gasteiger partial charge in [-0.1, -0.05) is 19.1 Å². The lowest BCUT2D eigenvalue weighted by atomic mass is 10.1. The third-order valence-corrected chi connectivity index (χ3v) is 3.42. The first-order chi connectivity index (χ1) is 10.0. The van der Waals surface area contributed by atoms with Gasteiger partial charge in [0.05, 0.1) is 5.69 Å². The van der Waals surface area contributed by atoms with Crippen molar-refractivity contribution in [1.29, 1.82) is 0 Å². The quantitative estimate of drug-likeness (QED) is 0.918. The second kappa shape index (κ2) is 6.52. The van der Waals surface area contributed by atoms with Crippen LogP contribution in [0.15, 0.2) is 30.3 Å². The zero-order valence-corrected chi connectivity index (χ0v) is 12.6. The molecule has 0 spiro atoms. The van der Waals surface area contributed by atoms with E-state index in [0.717, 1.165) is 12.1 Å². The minimum atomic E-state index is -0.304. The fraction of sp³-hybridized carbons (Fsp3) is 0.375. The third kappa shape index (κ3) is 3.48. The molecule has 5 heteroatoms. The van der Waals surface area contributed by atoms with Gasteiger partial charge in [0.15, 0.2) is 5.69 Å². The largest absolute Gasteiger partial charge is 0.348 e. The highest BCUT2D eigenvalue weighted by Gasteiger charge is 2.16. The highest BCUT2D eigenvalue weighted by molar-refractivity contribution is 5.93. The molecule has 0 saturated carbocycles. The van der Waals surface area contributed by atoms with Gasteiger partial charge in [-0.15, -0.1) is 0 Å². The Labute approximate surface area is 124 Å². The Balaban J connectivity index is 2.33. The minimum absolute atomic E-state index is 0.0990. The lowest BCUT2D eigenvalue weighted by Gasteiger charge is -2.09. The van der Waals surface area contributed by atoms with Crippen molar-refractivity contribution in [2.45, 2.75) is 39.8 Å². The van der Waals surface area contributed by atoms with E-state index >= 15 is 0 Å². The van der Waals surface area contributed by atoms with E-state index < -0.39 is 0 Å². The lowest BCUT2D eigenvalue weighted by Crippen LogP contribution is -2.32. The molecule has 1 N–H and O–H groups in total. The number of aromatic nitrogens is 2. The Morgan fingerprint density at radius 3 is 2.76 bits per heavy atom. The molecule has 0 saturated heterocycles. The van der Waals surface area contributed by atoms with Gasteiger partial charge in [-0.2, -0.15) is 5.10 Å². The summed E-state index contributed by atoms with van der Waals surface area (Å²) in [5.41, 5.74) is 1.81. The van der Waals surface area contributed by atoms with Crippen LogP contribution in [0, 0.1) is 5.82 Å². The molecule has 1 atom stereocenters. The molecule has 0 fully saturated rings. The first-order valence-electron chi connectivity index (χ1n) is 7.19. The Bertz CT molecular complexity index is 636. The number of nitrogens with zero attached hydrogens (tertiary/aromatic N) is 2. The summed E-state index contributed by atoms with van der Waals surface area (Å²) in [5.74, 6) is -0.504. The van der Waals surface area contributed by atoms with Gasteiger partial charge in [0.2, 0.25) is 0 Å². The predicted octanol–water partition coefficient (Wildman–Crippen LogP) is 3.24. The van der Waals surface area contributed by atoms with Crippen LogP contribution in [0.1, 0.15) is 37.7 Å². The molecular weight excluding hydrogens is 269 g/mol. The van der Waals surface area contributed by atoms with Gasteiger partial charge in [0, 0.05) is 18.2 Å². The average molecular weight is 289 g/mol. The smallest absolute Gasteiger partial charge is 0.272 e. The molecule has 0 aliphatic carbocycles. The molecule has 1 amide bonds. The van der Waals surface area contributed by atoms with Crippen LogP contribution in [0.2, 0.25) is 0 Å². The molecule has 1 heterocycles. The molecule has 1 aromatic heterocycles. The Hall–Kier alpha value is -2.17. The number of carbonyl (C=O) groups excluding carboxylic acids is 1. The van der Waals surface area contributed by atoms with Crippen LogP contribution in [-0.4, -0.2) is 21.7 Å². The first-order valence-corrected chi connectivity index (χ1v) is 7.19. The zero-order valence-electron chi connectivity index (χ0n) is 12.6. The van der Waals surface area contributed by atoms with Crippen molar-refractivity contribution >= 4 is 5.91 Å². The number of benzene rings is 1. The number of carbonyl (C=O) groups is 1. The van der Waals surface area contributed by atoms with Crippen molar-refractivity contribution in [3.63, 3.8) is 0 Å². The summed E-state index contributed by atoms with van der Waals surface area (Å²) in [7, 11) is 0. The van der Waals surface area contributed by atoms with Gasteiger partial charge in [-0.3, -0.25) is 9.48 Å². The highest BCUT2D eigenvalue weighted by Crippen LogP contribution is 2.21. The fourth-order valence-corrected chi connectivity index (χ4v) is 2.05. The van der Waals surface area contributed by atoms with Crippen LogP contribution in [0.5, 0.6) is 0 Å². The first kappa shape index (κ1) is 15.2. The van der Waals surface area contributed by atoms with Gasteiger partial charge >= 0.3 is 0 Å². The van der Waals surface area contributed by atoms with E-state index in [1.165, 1.54) is 12.1 Å². The van der Waals surface area contributed by atoms with Crippen LogP contribution >= 0.6 is 0 Å². The molecule has 0 aliphatic heterocycles. The summed E-state index contributed by atoms with van der Waals surface area (Å²) in [6.07, 6.45) is 0.858. The van der Waals surface area contributed by atoms with Crippen LogP contribution in [0.3, 0.4) is 0 Å². The van der Waals surface area contributed by atoms with E-state index in [-0.39, 0.29) is 17.8 Å². The normalized spacial score (nSPS) is 12.2. The predicted molar refractivity (Wildman–Crippen MR) is 80.5 cm³/mol. The van der Waals surface area contributed by atoms with E-state index in [2.05, 4.69) is 10.4 Å². The van der Waals surface area contributed by atoms with Crippen molar-refractivity contribution in [2.75, 3.05) is 0 Å². The molecule has 0 unspecified atom stereocenters. The molecule has 0 bridgehead atoms. The van der Waals surface area contributed by atoms with E-state index in [1.54, 1.807) is 16.8 Å². The number of rotatable bonds is 5. The van der Waals surface area contributed by atoms with Gasteiger partial charge in [0.1, 0.15) is 5.82 Å². The maximum Gasteiger partial charge on any atom is 0.272 e. The Kier molecular flexibility index (Phi) is 4.73. The van der Waals surface area contributed by atoms with Crippen LogP contribution in [0.25, 0.3) is 11.3 Å². The summed E-state index contributed by atoms with van der Waals surface area (Å²) in [5, 5.41) is 7.19. The summed E-state index contributed by atoms with van der Waals surface area (Å²) in [6, 6.07) is 8.10. The van der Waals surface area contributed by atoms with E-state index in [1.807, 2.05) is 26.8 Å². The van der Waals surface area contributed by atoms with Crippen molar-refractivity contribution in [3.8, 4) is 11.3 Å². The number of halogens is 1. The third-order valence-electron chi connectivity index (χ3n) is 3.42. The average Bonchev–Trinajstić information content (AvgIpc) is 2.91. The molecular formula is C16H20FN3O. The second-order valence-electron chi connectivity index (χ2n) is 5.02. The molecule has 0 aliphatic rings. The summed E-state index contributed by atoms with van der Waals surface area (Å²) in [6.45, 7) is 6.50. The second-order valence-corrected chi connectivity index (χ2v) is 5.02. The number of aryl methyl sites for hydroxylation is 1. The standard InChI is InChI=1S/C16H20FN3O/c1-4-11(3)18-16(21)14-10-15(20(5-2)19-14)12-7-6-8-13(17)9-12/h6-11H,4-5H2,1-3H3,(H,18,21)/t11-/m0/s1. The Morgan fingerprint density at radius 1 is 1.38 bits per heavy atom. The molecule has 4 nitrogen and oxygen atoms in total. The topological polar surface area (TPSA) is 46.9 Å². The van der Waals surface area contributed by atoms with Crippen molar-refractivity contribution in [3.05, 3.63) is 41.8 Å². The molecule has 2 aromatic rings. The number of hydrogen-bond donors (Lipinski definition) is 1. The fourth-order valence-electron chi connectivity index (χ4n) is 2.05. The van der Waals surface area contributed by atoms with Crippen molar-refractivity contribution in [2.24, 2.45) is 0 Å². The zero-order chi connectivity index (χ0) is 15.4. The summed E-state index contributed by atoms with van der Waals surface area (Å²) in [4.78, 5) is 12.1. The van der Waals surface area contributed by atoms with Crippen LogP contribution in [0.4, 0.5) is 4.39 Å². The van der Waals surface area contributed by atoms with Gasteiger partial charge in [0.25, 0.3) is 5.91 Å². The lowest BCUT2D eigenvalue weighted by molar-refractivity contribution is 0.0933. The molecule has 0 radical (unpaired) electrons. The molecule has 21 heavy (non-hydrogen) atoms. The number of amides is 1.